The molecule has 1 amide bonds. The van der Waals surface area contributed by atoms with Crippen molar-refractivity contribution >= 4 is 34.8 Å². The summed E-state index contributed by atoms with van der Waals surface area (Å²) in [5.41, 5.74) is 11.2. The number of nitrogens with two attached hydrogens (primary N) is 1. The molecule has 3 N–H and O–H groups in total. The highest BCUT2D eigenvalue weighted by Gasteiger charge is 2.36. The molecule has 35 heavy (non-hydrogen) atoms. The maximum Gasteiger partial charge on any atom is 0.256 e. The topological polar surface area (TPSA) is 113 Å². The predicted octanol–water partition coefficient (Wildman–Crippen LogP) is 3.41. The largest absolute Gasteiger partial charge is 0.378 e. The van der Waals surface area contributed by atoms with E-state index >= 15 is 0 Å². The molecule has 1 aromatic carbocycles. The van der Waals surface area contributed by atoms with Crippen LogP contribution in [0.1, 0.15) is 31.9 Å². The van der Waals surface area contributed by atoms with E-state index in [1.807, 2.05) is 6.20 Å². The molecule has 1 atom stereocenters. The number of nitrogens with one attached hydrogen (secondary N) is 1. The number of aromatic amines is 1. The van der Waals surface area contributed by atoms with E-state index in [9.17, 15) is 4.79 Å². The summed E-state index contributed by atoms with van der Waals surface area (Å²) < 4.78 is 5.46. The van der Waals surface area contributed by atoms with Gasteiger partial charge in [0.1, 0.15) is 11.8 Å². The smallest absolute Gasteiger partial charge is 0.256 e. The van der Waals surface area contributed by atoms with E-state index in [0.29, 0.717) is 30.3 Å². The van der Waals surface area contributed by atoms with Crippen LogP contribution < -0.4 is 10.6 Å². The van der Waals surface area contributed by atoms with Crippen molar-refractivity contribution in [3.8, 4) is 11.3 Å². The van der Waals surface area contributed by atoms with Gasteiger partial charge in [-0.2, -0.15) is 4.98 Å². The summed E-state index contributed by atoms with van der Waals surface area (Å²) in [4.78, 5) is 33.9. The maximum absolute atomic E-state index is 11.8. The third-order valence-corrected chi connectivity index (χ3v) is 8.12. The van der Waals surface area contributed by atoms with Crippen molar-refractivity contribution in [3.63, 3.8) is 0 Å². The number of fused-ring (bicyclic) bond motifs is 1. The average molecular weight is 494 g/mol. The van der Waals surface area contributed by atoms with Crippen LogP contribution in [0.3, 0.4) is 0 Å². The molecule has 0 saturated carbocycles. The summed E-state index contributed by atoms with van der Waals surface area (Å²) in [6.07, 6.45) is 3.47. The first-order valence-electron chi connectivity index (χ1n) is 11.8. The number of rotatable bonds is 5. The van der Waals surface area contributed by atoms with E-state index in [0.717, 1.165) is 41.4 Å². The number of morpholine rings is 1. The normalized spacial score (nSPS) is 18.9. The number of carbonyl (C=O) groups is 1. The fraction of sp³-hybridized carbons (Fsp3) is 0.440. The van der Waals surface area contributed by atoms with Crippen LogP contribution >= 0.6 is 11.8 Å². The molecular formula is C25H31N7O2S. The van der Waals surface area contributed by atoms with Crippen LogP contribution in [-0.4, -0.2) is 62.4 Å². The maximum atomic E-state index is 11.8. The third-order valence-electron chi connectivity index (χ3n) is 6.36. The molecule has 3 aromatic rings. The number of ether oxygens (including phenoxy) is 1. The molecular weight excluding hydrogens is 462 g/mol. The highest BCUT2D eigenvalue weighted by molar-refractivity contribution is 8.04. The lowest BCUT2D eigenvalue weighted by molar-refractivity contribution is -0.113. The molecule has 2 aromatic heterocycles. The molecule has 9 nitrogen and oxygen atoms in total. The number of thioether (sulfide) groups is 1. The fourth-order valence-corrected chi connectivity index (χ4v) is 5.72. The summed E-state index contributed by atoms with van der Waals surface area (Å²) in [6.45, 7) is 12.3. The van der Waals surface area contributed by atoms with Crippen LogP contribution in [0.2, 0.25) is 0 Å². The summed E-state index contributed by atoms with van der Waals surface area (Å²) in [5.74, 6) is 0.429. The second-order valence-corrected chi connectivity index (χ2v) is 11.2. The van der Waals surface area contributed by atoms with Gasteiger partial charge < -0.3 is 25.3 Å². The van der Waals surface area contributed by atoms with Gasteiger partial charge in [-0.1, -0.05) is 44.7 Å². The molecule has 0 spiro atoms. The number of primary amides is 1. The van der Waals surface area contributed by atoms with Crippen LogP contribution in [0, 0.1) is 12.3 Å². The Morgan fingerprint density at radius 2 is 2.03 bits per heavy atom. The van der Waals surface area contributed by atoms with E-state index in [4.69, 9.17) is 15.5 Å². The van der Waals surface area contributed by atoms with Crippen molar-refractivity contribution in [1.29, 1.82) is 0 Å². The van der Waals surface area contributed by atoms with E-state index in [-0.39, 0.29) is 16.7 Å². The monoisotopic (exact) mass is 493 g/mol. The molecule has 2 aliphatic heterocycles. The van der Waals surface area contributed by atoms with E-state index in [1.54, 1.807) is 18.1 Å². The van der Waals surface area contributed by atoms with Crippen molar-refractivity contribution in [2.45, 2.75) is 39.6 Å². The molecule has 184 valence electrons. The minimum absolute atomic E-state index is 0.0163. The number of benzene rings is 1. The molecule has 1 saturated heterocycles. The Balaban J connectivity index is 1.43. The Bertz CT molecular complexity index is 1290. The number of H-pyrrole nitrogens is 1. The van der Waals surface area contributed by atoms with Crippen molar-refractivity contribution in [3.05, 3.63) is 46.8 Å². The zero-order chi connectivity index (χ0) is 24.7. The van der Waals surface area contributed by atoms with Gasteiger partial charge in [0.25, 0.3) is 5.91 Å². The second kappa shape index (κ2) is 9.16. The lowest BCUT2D eigenvalue weighted by Gasteiger charge is -2.35. The fourth-order valence-electron chi connectivity index (χ4n) is 4.54. The summed E-state index contributed by atoms with van der Waals surface area (Å²) in [6, 6.07) is 6.38. The van der Waals surface area contributed by atoms with Gasteiger partial charge in [-0.25, -0.2) is 9.97 Å². The molecule has 2 aliphatic rings. The molecule has 5 rings (SSSR count). The summed E-state index contributed by atoms with van der Waals surface area (Å²) in [5, 5.41) is 0.133. The van der Waals surface area contributed by atoms with Crippen molar-refractivity contribution in [2.24, 2.45) is 11.1 Å². The van der Waals surface area contributed by atoms with E-state index in [2.05, 4.69) is 70.6 Å². The number of amides is 1. The first-order valence-corrected chi connectivity index (χ1v) is 12.7. The van der Waals surface area contributed by atoms with E-state index < -0.39 is 0 Å². The van der Waals surface area contributed by atoms with Gasteiger partial charge in [-0.05, 0) is 29.5 Å². The Labute approximate surface area is 209 Å². The Hall–Kier alpha value is -3.11. The number of imidazole rings is 1. The first kappa shape index (κ1) is 23.6. The van der Waals surface area contributed by atoms with Crippen LogP contribution in [0.25, 0.3) is 22.4 Å². The quantitative estimate of drug-likeness (QED) is 0.556. The molecule has 1 unspecified atom stereocenters. The highest BCUT2D eigenvalue weighted by atomic mass is 32.2. The second-order valence-electron chi connectivity index (χ2n) is 10.1. The summed E-state index contributed by atoms with van der Waals surface area (Å²) in [7, 11) is 0. The Morgan fingerprint density at radius 3 is 2.71 bits per heavy atom. The van der Waals surface area contributed by atoms with Crippen LogP contribution in [-0.2, 0) is 16.1 Å². The van der Waals surface area contributed by atoms with Gasteiger partial charge in [0, 0.05) is 31.4 Å². The molecule has 10 heteroatoms. The summed E-state index contributed by atoms with van der Waals surface area (Å²) >= 11 is 1.55. The van der Waals surface area contributed by atoms with Gasteiger partial charge >= 0.3 is 0 Å². The third kappa shape index (κ3) is 4.72. The van der Waals surface area contributed by atoms with Gasteiger partial charge in [0.15, 0.2) is 5.65 Å². The van der Waals surface area contributed by atoms with Crippen LogP contribution in [0.5, 0.6) is 0 Å². The number of hydrogen-bond acceptors (Lipinski definition) is 8. The average Bonchev–Trinajstić information content (AvgIpc) is 3.45. The lowest BCUT2D eigenvalue weighted by Crippen LogP contribution is -2.36. The van der Waals surface area contributed by atoms with Crippen molar-refractivity contribution < 1.29 is 9.53 Å². The molecule has 0 aliphatic carbocycles. The van der Waals surface area contributed by atoms with Gasteiger partial charge in [0.05, 0.1) is 29.2 Å². The number of aromatic nitrogens is 4. The standard InChI is InChI=1S/C25H31N7O2S/c1-15-11-16(5-6-17(15)12-32-13-18(21(26)33)35-23(32)25(2,3)4)19-20-22(28-14-27-19)30-24(29-20)31-7-9-34-10-8-31/h5-6,11,13-14,23H,7-10,12H2,1-4H3,(H2,26,33)(H,27,28,29,30). The van der Waals surface area contributed by atoms with E-state index in [1.165, 1.54) is 5.56 Å². The SMILES string of the molecule is Cc1cc(-c2ncnc3nc(N4CCOCC4)[nH]c23)ccc1CN1C=C(C(N)=O)SC1C(C)(C)C. The number of carbonyl (C=O) groups excluding carboxylic acids is 1. The van der Waals surface area contributed by atoms with Gasteiger partial charge in [-0.15, -0.1) is 0 Å². The minimum Gasteiger partial charge on any atom is -0.378 e. The minimum atomic E-state index is -0.373. The molecule has 0 radical (unpaired) electrons. The Kier molecular flexibility index (Phi) is 6.18. The molecule has 1 fully saturated rings. The zero-order valence-corrected chi connectivity index (χ0v) is 21.4. The number of aryl methyl sites for hydroxylation is 1. The molecule has 4 heterocycles. The first-order chi connectivity index (χ1) is 16.7. The highest BCUT2D eigenvalue weighted by Crippen LogP contribution is 2.43. The van der Waals surface area contributed by atoms with Crippen molar-refractivity contribution in [2.75, 3.05) is 31.2 Å². The Morgan fingerprint density at radius 1 is 1.26 bits per heavy atom. The number of nitrogens with zero attached hydrogens (tertiary/aromatic N) is 5. The predicted molar refractivity (Wildman–Crippen MR) is 139 cm³/mol. The number of hydrogen-bond donors (Lipinski definition) is 2. The van der Waals surface area contributed by atoms with Gasteiger partial charge in [0.2, 0.25) is 5.95 Å². The van der Waals surface area contributed by atoms with Crippen LogP contribution in [0.4, 0.5) is 5.95 Å². The lowest BCUT2D eigenvalue weighted by atomic mass is 9.95. The van der Waals surface area contributed by atoms with Gasteiger partial charge in [-0.3, -0.25) is 4.79 Å². The molecule has 0 bridgehead atoms. The van der Waals surface area contributed by atoms with Crippen molar-refractivity contribution in [1.82, 2.24) is 24.8 Å². The van der Waals surface area contributed by atoms with Crippen LogP contribution in [0.15, 0.2) is 35.6 Å². The zero-order valence-electron chi connectivity index (χ0n) is 20.5. The number of anilines is 1.